The topological polar surface area (TPSA) is 92.7 Å². The molecule has 8 heteroatoms. The minimum Gasteiger partial charge on any atom is -0.481 e. The summed E-state index contributed by atoms with van der Waals surface area (Å²) in [7, 11) is -3.61. The molecule has 0 atom stereocenters. The van der Waals surface area contributed by atoms with Crippen LogP contribution in [0.2, 0.25) is 5.02 Å². The zero-order chi connectivity index (χ0) is 25.5. The van der Waals surface area contributed by atoms with Gasteiger partial charge in [-0.05, 0) is 52.6 Å². The number of carbonyl (C=O) groups is 1. The van der Waals surface area contributed by atoms with Crippen LogP contribution in [-0.2, 0) is 33.5 Å². The number of sulfonamides is 1. The second kappa shape index (κ2) is 11.4. The van der Waals surface area contributed by atoms with Crippen LogP contribution in [0.25, 0.3) is 11.1 Å². The van der Waals surface area contributed by atoms with Crippen molar-refractivity contribution in [2.24, 2.45) is 0 Å². The maximum Gasteiger partial charge on any atom is 0.307 e. The van der Waals surface area contributed by atoms with E-state index in [0.29, 0.717) is 21.9 Å². The van der Waals surface area contributed by atoms with Crippen LogP contribution in [-0.4, -0.2) is 19.5 Å². The van der Waals surface area contributed by atoms with Crippen molar-refractivity contribution < 1.29 is 23.1 Å². The Kier molecular flexibility index (Phi) is 8.05. The highest BCUT2D eigenvalue weighted by atomic mass is 35.5. The molecule has 6 nitrogen and oxygen atoms in total. The van der Waals surface area contributed by atoms with Crippen LogP contribution in [0.5, 0.6) is 11.5 Å². The van der Waals surface area contributed by atoms with Crippen LogP contribution in [0.1, 0.15) is 16.7 Å². The predicted molar refractivity (Wildman–Crippen MR) is 141 cm³/mol. The molecule has 4 aromatic carbocycles. The molecular weight excluding hydrogens is 498 g/mol. The van der Waals surface area contributed by atoms with Gasteiger partial charge in [-0.25, -0.2) is 13.1 Å². The monoisotopic (exact) mass is 521 g/mol. The van der Waals surface area contributed by atoms with E-state index in [1.165, 1.54) is 0 Å². The van der Waals surface area contributed by atoms with E-state index < -0.39 is 16.0 Å². The molecule has 4 rings (SSSR count). The minimum atomic E-state index is -3.61. The Morgan fingerprint density at radius 1 is 0.806 bits per heavy atom. The quantitative estimate of drug-likeness (QED) is 0.265. The number of aliphatic carboxylic acids is 1. The molecule has 0 heterocycles. The lowest BCUT2D eigenvalue weighted by Crippen LogP contribution is -2.24. The largest absolute Gasteiger partial charge is 0.481 e. The maximum absolute atomic E-state index is 12.6. The summed E-state index contributed by atoms with van der Waals surface area (Å²) in [4.78, 5) is 10.8. The average Bonchev–Trinajstić information content (AvgIpc) is 2.85. The average molecular weight is 522 g/mol. The summed E-state index contributed by atoms with van der Waals surface area (Å²) in [5.74, 6) is 0.319. The van der Waals surface area contributed by atoms with E-state index >= 15 is 0 Å². The van der Waals surface area contributed by atoms with Gasteiger partial charge in [0.2, 0.25) is 10.0 Å². The lowest BCUT2D eigenvalue weighted by atomic mass is 10.0. The SMILES string of the molecule is O=C(O)Cc1ccc(CNS(=O)(=O)Cc2ccc(-c3ccc(Oc4ccccc4)cc3)c(Cl)c2)cc1. The molecule has 0 aliphatic carbocycles. The van der Waals surface area contributed by atoms with Gasteiger partial charge in [-0.15, -0.1) is 0 Å². The van der Waals surface area contributed by atoms with Crippen molar-refractivity contribution in [2.75, 3.05) is 0 Å². The second-order valence-electron chi connectivity index (χ2n) is 8.22. The van der Waals surface area contributed by atoms with Crippen LogP contribution in [0.15, 0.2) is 97.1 Å². The van der Waals surface area contributed by atoms with Crippen LogP contribution >= 0.6 is 11.6 Å². The first-order valence-electron chi connectivity index (χ1n) is 11.2. The van der Waals surface area contributed by atoms with Gasteiger partial charge in [0.1, 0.15) is 11.5 Å². The molecule has 0 bridgehead atoms. The lowest BCUT2D eigenvalue weighted by Gasteiger charge is -2.11. The molecule has 0 spiro atoms. The molecule has 0 aliphatic heterocycles. The lowest BCUT2D eigenvalue weighted by molar-refractivity contribution is -0.136. The molecule has 0 aromatic heterocycles. The smallest absolute Gasteiger partial charge is 0.307 e. The van der Waals surface area contributed by atoms with Crippen LogP contribution in [0, 0.1) is 0 Å². The first kappa shape index (κ1) is 25.4. The Morgan fingerprint density at radius 3 is 2.06 bits per heavy atom. The Bertz CT molecular complexity index is 1440. The first-order valence-corrected chi connectivity index (χ1v) is 13.2. The van der Waals surface area contributed by atoms with Crippen molar-refractivity contribution in [1.82, 2.24) is 4.72 Å². The fraction of sp³-hybridized carbons (Fsp3) is 0.107. The molecule has 0 radical (unpaired) electrons. The standard InChI is InChI=1S/C28H24ClNO5S/c29-27-16-22(19-36(33,34)30-18-21-8-6-20(7-9-21)17-28(31)32)10-15-26(27)23-11-13-25(14-12-23)35-24-4-2-1-3-5-24/h1-16,30H,17-19H2,(H,31,32). The van der Waals surface area contributed by atoms with Gasteiger partial charge in [0.05, 0.1) is 12.2 Å². The molecule has 0 saturated heterocycles. The van der Waals surface area contributed by atoms with Gasteiger partial charge in [-0.3, -0.25) is 4.79 Å². The molecule has 2 N–H and O–H groups in total. The fourth-order valence-electron chi connectivity index (χ4n) is 3.62. The summed E-state index contributed by atoms with van der Waals surface area (Å²) in [6.45, 7) is 0.110. The zero-order valence-electron chi connectivity index (χ0n) is 19.2. The van der Waals surface area contributed by atoms with Gasteiger partial charge < -0.3 is 9.84 Å². The molecule has 0 unspecified atom stereocenters. The van der Waals surface area contributed by atoms with Crippen molar-refractivity contribution in [2.45, 2.75) is 18.7 Å². The van der Waals surface area contributed by atoms with Crippen LogP contribution in [0.4, 0.5) is 0 Å². The van der Waals surface area contributed by atoms with E-state index in [1.807, 2.05) is 54.6 Å². The van der Waals surface area contributed by atoms with Crippen LogP contribution in [0.3, 0.4) is 0 Å². The highest BCUT2D eigenvalue weighted by Gasteiger charge is 2.14. The summed E-state index contributed by atoms with van der Waals surface area (Å²) in [5, 5.41) is 9.29. The highest BCUT2D eigenvalue weighted by molar-refractivity contribution is 7.88. The number of ether oxygens (including phenoxy) is 1. The molecule has 36 heavy (non-hydrogen) atoms. The van der Waals surface area contributed by atoms with Gasteiger partial charge >= 0.3 is 5.97 Å². The summed E-state index contributed by atoms with van der Waals surface area (Å²) < 4.78 is 33.6. The number of hydrogen-bond acceptors (Lipinski definition) is 4. The summed E-state index contributed by atoms with van der Waals surface area (Å²) in [6, 6.07) is 29.0. The fourth-order valence-corrected chi connectivity index (χ4v) is 5.04. The van der Waals surface area contributed by atoms with Crippen molar-refractivity contribution in [3.8, 4) is 22.6 Å². The normalized spacial score (nSPS) is 11.2. The van der Waals surface area contributed by atoms with Crippen molar-refractivity contribution in [3.63, 3.8) is 0 Å². The Labute approximate surface area is 215 Å². The molecular formula is C28H24ClNO5S. The number of rotatable bonds is 10. The third kappa shape index (κ3) is 7.18. The van der Waals surface area contributed by atoms with E-state index in [0.717, 1.165) is 22.4 Å². The summed E-state index contributed by atoms with van der Waals surface area (Å²) in [6.07, 6.45) is -0.0750. The van der Waals surface area contributed by atoms with Gasteiger partial charge in [0.15, 0.2) is 0 Å². The predicted octanol–water partition coefficient (Wildman–Crippen LogP) is 6.05. The number of halogens is 1. The third-order valence-electron chi connectivity index (χ3n) is 5.41. The molecule has 0 saturated carbocycles. The van der Waals surface area contributed by atoms with Crippen molar-refractivity contribution in [1.29, 1.82) is 0 Å². The highest BCUT2D eigenvalue weighted by Crippen LogP contribution is 2.31. The maximum atomic E-state index is 12.6. The summed E-state index contributed by atoms with van der Waals surface area (Å²) in [5.41, 5.74) is 3.64. The number of hydrogen-bond donors (Lipinski definition) is 2. The molecule has 184 valence electrons. The van der Waals surface area contributed by atoms with Crippen molar-refractivity contribution >= 4 is 27.6 Å². The van der Waals surface area contributed by atoms with Gasteiger partial charge in [0, 0.05) is 17.1 Å². The zero-order valence-corrected chi connectivity index (χ0v) is 20.8. The number of benzene rings is 4. The van der Waals surface area contributed by atoms with E-state index in [-0.39, 0.29) is 18.7 Å². The Balaban J connectivity index is 1.37. The van der Waals surface area contributed by atoms with Gasteiger partial charge in [-0.2, -0.15) is 0 Å². The molecule has 0 amide bonds. The number of para-hydroxylation sites is 1. The molecule has 0 aliphatic rings. The third-order valence-corrected chi connectivity index (χ3v) is 7.02. The Hall–Kier alpha value is -3.65. The summed E-state index contributed by atoms with van der Waals surface area (Å²) >= 11 is 6.50. The first-order chi connectivity index (χ1) is 17.3. The Morgan fingerprint density at radius 2 is 1.42 bits per heavy atom. The van der Waals surface area contributed by atoms with Gasteiger partial charge in [-0.1, -0.05) is 78.3 Å². The molecule has 4 aromatic rings. The number of nitrogens with one attached hydrogen (secondary N) is 1. The second-order valence-corrected chi connectivity index (χ2v) is 10.4. The molecule has 0 fully saturated rings. The van der Waals surface area contributed by atoms with E-state index in [1.54, 1.807) is 42.5 Å². The van der Waals surface area contributed by atoms with Crippen molar-refractivity contribution in [3.05, 3.63) is 119 Å². The van der Waals surface area contributed by atoms with Crippen LogP contribution < -0.4 is 9.46 Å². The number of carboxylic acid groups (broad SMARTS) is 1. The minimum absolute atomic E-state index is 0.0750. The van der Waals surface area contributed by atoms with E-state index in [9.17, 15) is 13.2 Å². The van der Waals surface area contributed by atoms with E-state index in [2.05, 4.69) is 4.72 Å². The van der Waals surface area contributed by atoms with E-state index in [4.69, 9.17) is 21.4 Å². The number of carboxylic acids is 1. The van der Waals surface area contributed by atoms with Gasteiger partial charge in [0.25, 0.3) is 0 Å².